The third-order valence-corrected chi connectivity index (χ3v) is 5.52. The van der Waals surface area contributed by atoms with Crippen LogP contribution in [0.3, 0.4) is 0 Å². The smallest absolute Gasteiger partial charge is 0.379 e. The number of ether oxygens (including phenoxy) is 1. The van der Waals surface area contributed by atoms with Gasteiger partial charge in [0, 0.05) is 24.8 Å². The van der Waals surface area contributed by atoms with E-state index in [-0.39, 0.29) is 17.0 Å². The fourth-order valence-corrected chi connectivity index (χ4v) is 3.81. The average molecular weight is 483 g/mol. The van der Waals surface area contributed by atoms with Crippen molar-refractivity contribution in [3.8, 4) is 11.3 Å². The quantitative estimate of drug-likeness (QED) is 0.465. The third kappa shape index (κ3) is 4.98. The molecule has 4 aromatic rings. The number of anilines is 1. The normalized spacial score (nSPS) is 14.8. The average Bonchev–Trinajstić information content (AvgIpc) is 3.28. The Morgan fingerprint density at radius 1 is 1.06 bits per heavy atom. The highest BCUT2D eigenvalue weighted by molar-refractivity contribution is 6.02. The summed E-state index contributed by atoms with van der Waals surface area (Å²) in [6.07, 6.45) is -1.68. The number of hydrogen-bond acceptors (Lipinski definition) is 7. The molecule has 1 amide bonds. The second-order valence-corrected chi connectivity index (χ2v) is 7.88. The molecule has 4 heterocycles. The maximum absolute atomic E-state index is 13.5. The summed E-state index contributed by atoms with van der Waals surface area (Å²) < 4.78 is 47.0. The number of rotatable bonds is 5. The molecule has 1 aromatic carbocycles. The lowest BCUT2D eigenvalue weighted by Crippen LogP contribution is -2.36. The molecule has 35 heavy (non-hydrogen) atoms. The predicted molar refractivity (Wildman–Crippen MR) is 120 cm³/mol. The largest absolute Gasteiger partial charge is 0.417 e. The number of hydrogen-bond donors (Lipinski definition) is 1. The first-order valence-corrected chi connectivity index (χ1v) is 10.8. The van der Waals surface area contributed by atoms with Crippen molar-refractivity contribution in [1.82, 2.24) is 29.5 Å². The first kappa shape index (κ1) is 22.9. The number of benzene rings is 1. The van der Waals surface area contributed by atoms with Gasteiger partial charge in [-0.3, -0.25) is 9.69 Å². The van der Waals surface area contributed by atoms with Crippen LogP contribution in [-0.2, 0) is 17.5 Å². The van der Waals surface area contributed by atoms with Crippen LogP contribution in [0, 0.1) is 0 Å². The monoisotopic (exact) mass is 483 g/mol. The second kappa shape index (κ2) is 9.39. The number of alkyl halides is 3. The van der Waals surface area contributed by atoms with E-state index < -0.39 is 17.6 Å². The molecule has 1 aliphatic rings. The molecule has 1 aliphatic heterocycles. The molecular weight excluding hydrogens is 463 g/mol. The van der Waals surface area contributed by atoms with Gasteiger partial charge < -0.3 is 10.1 Å². The van der Waals surface area contributed by atoms with Crippen LogP contribution >= 0.6 is 0 Å². The van der Waals surface area contributed by atoms with E-state index in [1.165, 1.54) is 41.0 Å². The van der Waals surface area contributed by atoms with Gasteiger partial charge in [-0.15, -0.1) is 0 Å². The Labute approximate surface area is 197 Å². The number of carbonyl (C=O) groups is 1. The molecule has 0 atom stereocenters. The van der Waals surface area contributed by atoms with Crippen LogP contribution in [-0.4, -0.2) is 61.7 Å². The molecule has 0 saturated carbocycles. The van der Waals surface area contributed by atoms with Crippen molar-refractivity contribution >= 4 is 17.4 Å². The van der Waals surface area contributed by atoms with E-state index in [2.05, 4.69) is 30.3 Å². The fraction of sp³-hybridized carbons (Fsp3) is 0.261. The zero-order chi connectivity index (χ0) is 24.4. The van der Waals surface area contributed by atoms with Crippen LogP contribution in [0.15, 0.2) is 54.9 Å². The Balaban J connectivity index is 1.40. The van der Waals surface area contributed by atoms with E-state index >= 15 is 0 Å². The van der Waals surface area contributed by atoms with E-state index in [1.807, 2.05) is 0 Å². The summed E-state index contributed by atoms with van der Waals surface area (Å²) in [4.78, 5) is 27.9. The maximum Gasteiger partial charge on any atom is 0.417 e. The third-order valence-electron chi connectivity index (χ3n) is 5.52. The topological polar surface area (TPSA) is 97.5 Å². The molecule has 0 spiro atoms. The van der Waals surface area contributed by atoms with E-state index in [1.54, 1.807) is 12.3 Å². The molecule has 1 saturated heterocycles. The van der Waals surface area contributed by atoms with Crippen molar-refractivity contribution in [3.05, 3.63) is 71.9 Å². The lowest BCUT2D eigenvalue weighted by atomic mass is 10.0. The standard InChI is InChI=1S/C23H20F3N7O2/c24-23(25,26)16-4-2-1-3-15(16)17-5-6-21-28-13-18(33(21)31-17)22(34)30-19-7-8-27-20(29-19)14-32-9-11-35-12-10-32/h1-8,13H,9-12,14H2,(H,27,29,30,34). The molecule has 3 aromatic heterocycles. The molecule has 180 valence electrons. The number of carbonyl (C=O) groups excluding carboxylic acids is 1. The van der Waals surface area contributed by atoms with Gasteiger partial charge in [-0.1, -0.05) is 18.2 Å². The Kier molecular flexibility index (Phi) is 6.14. The predicted octanol–water partition coefficient (Wildman–Crippen LogP) is 3.29. The summed E-state index contributed by atoms with van der Waals surface area (Å²) in [7, 11) is 0. The van der Waals surface area contributed by atoms with E-state index in [0.717, 1.165) is 19.2 Å². The van der Waals surface area contributed by atoms with Gasteiger partial charge in [-0.05, 0) is 24.3 Å². The number of nitrogens with zero attached hydrogens (tertiary/aromatic N) is 6. The first-order valence-electron chi connectivity index (χ1n) is 10.8. The van der Waals surface area contributed by atoms with Crippen molar-refractivity contribution in [2.45, 2.75) is 12.7 Å². The fourth-order valence-electron chi connectivity index (χ4n) is 3.81. The van der Waals surface area contributed by atoms with Gasteiger partial charge in [0.1, 0.15) is 11.6 Å². The van der Waals surface area contributed by atoms with Gasteiger partial charge in [0.25, 0.3) is 5.91 Å². The lowest BCUT2D eigenvalue weighted by Gasteiger charge is -2.25. The van der Waals surface area contributed by atoms with Crippen LogP contribution < -0.4 is 5.32 Å². The number of halogens is 3. The zero-order valence-electron chi connectivity index (χ0n) is 18.4. The minimum Gasteiger partial charge on any atom is -0.379 e. The van der Waals surface area contributed by atoms with Crippen molar-refractivity contribution in [3.63, 3.8) is 0 Å². The van der Waals surface area contributed by atoms with Gasteiger partial charge in [0.05, 0.1) is 37.2 Å². The van der Waals surface area contributed by atoms with Crippen LogP contribution in [0.2, 0.25) is 0 Å². The molecule has 12 heteroatoms. The Hall–Kier alpha value is -3.90. The van der Waals surface area contributed by atoms with Crippen molar-refractivity contribution in [1.29, 1.82) is 0 Å². The Morgan fingerprint density at radius 3 is 2.66 bits per heavy atom. The van der Waals surface area contributed by atoms with Crippen molar-refractivity contribution in [2.75, 3.05) is 31.6 Å². The lowest BCUT2D eigenvalue weighted by molar-refractivity contribution is -0.137. The molecule has 0 radical (unpaired) electrons. The van der Waals surface area contributed by atoms with Gasteiger partial charge in [0.15, 0.2) is 11.3 Å². The Morgan fingerprint density at radius 2 is 1.86 bits per heavy atom. The van der Waals surface area contributed by atoms with Gasteiger partial charge in [-0.25, -0.2) is 19.5 Å². The summed E-state index contributed by atoms with van der Waals surface area (Å²) in [5, 5.41) is 6.97. The van der Waals surface area contributed by atoms with Crippen molar-refractivity contribution < 1.29 is 22.7 Å². The van der Waals surface area contributed by atoms with Crippen LogP contribution in [0.25, 0.3) is 16.9 Å². The highest BCUT2D eigenvalue weighted by atomic mass is 19.4. The van der Waals surface area contributed by atoms with E-state index in [0.29, 0.717) is 37.0 Å². The highest BCUT2D eigenvalue weighted by Gasteiger charge is 2.33. The molecule has 0 aliphatic carbocycles. The van der Waals surface area contributed by atoms with Crippen LogP contribution in [0.5, 0.6) is 0 Å². The number of aromatic nitrogens is 5. The molecule has 5 rings (SSSR count). The number of amides is 1. The van der Waals surface area contributed by atoms with Crippen LogP contribution in [0.4, 0.5) is 19.0 Å². The summed E-state index contributed by atoms with van der Waals surface area (Å²) in [6, 6.07) is 9.66. The molecule has 9 nitrogen and oxygen atoms in total. The minimum absolute atomic E-state index is 0.0553. The Bertz CT molecular complexity index is 1370. The van der Waals surface area contributed by atoms with Crippen molar-refractivity contribution in [2.24, 2.45) is 0 Å². The van der Waals surface area contributed by atoms with Gasteiger partial charge in [0.2, 0.25) is 0 Å². The van der Waals surface area contributed by atoms with E-state index in [9.17, 15) is 18.0 Å². The molecule has 1 N–H and O–H groups in total. The molecule has 1 fully saturated rings. The number of imidazole rings is 1. The van der Waals surface area contributed by atoms with Crippen LogP contribution in [0.1, 0.15) is 21.9 Å². The summed E-state index contributed by atoms with van der Waals surface area (Å²) in [6.45, 7) is 3.35. The highest BCUT2D eigenvalue weighted by Crippen LogP contribution is 2.36. The van der Waals surface area contributed by atoms with Gasteiger partial charge in [-0.2, -0.15) is 18.3 Å². The van der Waals surface area contributed by atoms with Gasteiger partial charge >= 0.3 is 6.18 Å². The summed E-state index contributed by atoms with van der Waals surface area (Å²) >= 11 is 0. The molecular formula is C23H20F3N7O2. The molecule has 0 unspecified atom stereocenters. The number of morpholine rings is 1. The number of nitrogens with one attached hydrogen (secondary N) is 1. The minimum atomic E-state index is -4.55. The summed E-state index contributed by atoms with van der Waals surface area (Å²) in [5.41, 5.74) is -0.469. The SMILES string of the molecule is O=C(Nc1ccnc(CN2CCOCC2)n1)c1cnc2ccc(-c3ccccc3C(F)(F)F)nn12. The summed E-state index contributed by atoms with van der Waals surface area (Å²) in [5.74, 6) is 0.288. The number of fused-ring (bicyclic) bond motifs is 1. The molecule has 0 bridgehead atoms. The maximum atomic E-state index is 13.5. The zero-order valence-corrected chi connectivity index (χ0v) is 18.4. The van der Waals surface area contributed by atoms with E-state index in [4.69, 9.17) is 4.74 Å². The first-order chi connectivity index (χ1) is 16.9. The second-order valence-electron chi connectivity index (χ2n) is 7.88.